The summed E-state index contributed by atoms with van der Waals surface area (Å²) in [5.74, 6) is -4.56. The van der Waals surface area contributed by atoms with Crippen LogP contribution in [0.2, 0.25) is 0 Å². The van der Waals surface area contributed by atoms with E-state index in [4.69, 9.17) is 0 Å². The summed E-state index contributed by atoms with van der Waals surface area (Å²) in [6.07, 6.45) is 0. The van der Waals surface area contributed by atoms with E-state index in [1.54, 1.807) is 0 Å². The normalized spacial score (nSPS) is 10.6. The van der Waals surface area contributed by atoms with Crippen molar-refractivity contribution in [3.63, 3.8) is 0 Å². The summed E-state index contributed by atoms with van der Waals surface area (Å²) in [5, 5.41) is 0. The van der Waals surface area contributed by atoms with E-state index in [9.17, 15) is 13.2 Å². The van der Waals surface area contributed by atoms with Crippen LogP contribution >= 0.6 is 0 Å². The van der Waals surface area contributed by atoms with E-state index < -0.39 is 17.2 Å². The van der Waals surface area contributed by atoms with Gasteiger partial charge in [0, 0.05) is 17.5 Å². The Bertz CT molecular complexity index is 314. The van der Waals surface area contributed by atoms with Crippen LogP contribution in [0.3, 0.4) is 0 Å². The zero-order valence-corrected chi connectivity index (χ0v) is 11.0. The molecule has 1 aromatic carbocycles. The van der Waals surface area contributed by atoms with Crippen molar-refractivity contribution in [3.05, 3.63) is 29.6 Å². The van der Waals surface area contributed by atoms with Gasteiger partial charge in [0.2, 0.25) is 0 Å². The van der Waals surface area contributed by atoms with E-state index in [2.05, 4.69) is 12.6 Å². The maximum Gasteiger partial charge on any atom is 1.00 e. The number of benzene rings is 1. The van der Waals surface area contributed by atoms with E-state index in [1.165, 1.54) is 13.2 Å². The summed E-state index contributed by atoms with van der Waals surface area (Å²) in [7, 11) is 5.75. The Morgan fingerprint density at radius 1 is 1.36 bits per heavy atom. The average Bonchev–Trinajstić information content (AvgIpc) is 2.01. The number of ether oxygens (including phenoxy) is 1. The van der Waals surface area contributed by atoms with Crippen LogP contribution in [0.4, 0.5) is 13.2 Å². The summed E-state index contributed by atoms with van der Waals surface area (Å²) >= 11 is 0. The molecule has 6 heteroatoms. The molecule has 1 rings (SSSR count). The first kappa shape index (κ1) is 14.5. The van der Waals surface area contributed by atoms with Crippen LogP contribution in [0.25, 0.3) is 0 Å². The molecule has 0 spiro atoms. The molecule has 0 aliphatic rings. The third-order valence-corrected chi connectivity index (χ3v) is 1.54. The minimum atomic E-state index is -3.66. The summed E-state index contributed by atoms with van der Waals surface area (Å²) in [6, 6.07) is 2.98. The second-order valence-corrected chi connectivity index (χ2v) is 2.47. The van der Waals surface area contributed by atoms with Crippen molar-refractivity contribution in [2.45, 2.75) is 5.82 Å². The van der Waals surface area contributed by atoms with Crippen LogP contribution in [-0.2, 0) is 5.82 Å². The standard InChI is InChI=1S/C8H6BF3O.K/c1-13-5-2-3-6(7(10)4-5)8(9,11)12;/h2-4H,1H3;/q-1;+1. The van der Waals surface area contributed by atoms with Crippen LogP contribution in [-0.4, -0.2) is 15.0 Å². The molecule has 0 bridgehead atoms. The van der Waals surface area contributed by atoms with Gasteiger partial charge in [0.25, 0.3) is 0 Å². The van der Waals surface area contributed by atoms with Gasteiger partial charge in [-0.1, -0.05) is 6.07 Å². The van der Waals surface area contributed by atoms with Crippen LogP contribution in [0.15, 0.2) is 18.2 Å². The first-order chi connectivity index (χ1) is 5.95. The van der Waals surface area contributed by atoms with Crippen LogP contribution < -0.4 is 56.1 Å². The van der Waals surface area contributed by atoms with Crippen LogP contribution in [0.1, 0.15) is 5.56 Å². The number of hydrogen-bond donors (Lipinski definition) is 0. The molecule has 1 aromatic rings. The Labute approximate surface area is 124 Å². The molecule has 0 aliphatic heterocycles. The predicted octanol–water partition coefficient (Wildman–Crippen LogP) is -0.944. The predicted molar refractivity (Wildman–Crippen MR) is 42.6 cm³/mol. The van der Waals surface area contributed by atoms with Crippen LogP contribution in [0.5, 0.6) is 5.75 Å². The molecule has 0 aromatic heterocycles. The molecule has 0 fully saturated rings. The first-order valence-electron chi connectivity index (χ1n) is 3.46. The minimum Gasteiger partial charge on any atom is -0.517 e. The average molecular weight is 225 g/mol. The smallest absolute Gasteiger partial charge is 0.517 e. The third kappa shape index (κ3) is 3.58. The summed E-state index contributed by atoms with van der Waals surface area (Å²) in [5.41, 5.74) is -0.840. The van der Waals surface area contributed by atoms with E-state index in [-0.39, 0.29) is 57.1 Å². The van der Waals surface area contributed by atoms with Gasteiger partial charge in [0.1, 0.15) is 11.6 Å². The zero-order valence-electron chi connectivity index (χ0n) is 7.85. The molecule has 69 valence electrons. The molecule has 0 saturated carbocycles. The van der Waals surface area contributed by atoms with E-state index in [1.807, 2.05) is 0 Å². The molecule has 0 heterocycles. The zero-order chi connectivity index (χ0) is 10.1. The van der Waals surface area contributed by atoms with E-state index in [0.29, 0.717) is 0 Å². The van der Waals surface area contributed by atoms with Crippen molar-refractivity contribution in [2.24, 2.45) is 0 Å². The van der Waals surface area contributed by atoms with Crippen molar-refractivity contribution in [1.29, 1.82) is 0 Å². The Balaban J connectivity index is 0.00000169. The van der Waals surface area contributed by atoms with Gasteiger partial charge in [0.15, 0.2) is 0 Å². The largest absolute Gasteiger partial charge is 1.00 e. The maximum absolute atomic E-state index is 12.9. The topological polar surface area (TPSA) is 9.23 Å². The SMILES string of the molecule is [B-]C(F)(F)c1ccc(OC)cc1F.[K+]. The number of hydrogen-bond acceptors (Lipinski definition) is 1. The second kappa shape index (κ2) is 5.56. The molecular formula is C8H6BF3KO. The molecule has 1 nitrogen and oxygen atoms in total. The van der Waals surface area contributed by atoms with Crippen LogP contribution in [0, 0.1) is 5.82 Å². The monoisotopic (exact) mass is 225 g/mol. The van der Waals surface area contributed by atoms with E-state index in [0.717, 1.165) is 12.1 Å². The third-order valence-electron chi connectivity index (χ3n) is 1.54. The molecule has 0 N–H and O–H groups in total. The van der Waals surface area contributed by atoms with Crippen molar-refractivity contribution >= 4 is 7.85 Å². The Morgan fingerprint density at radius 2 is 1.93 bits per heavy atom. The maximum atomic E-state index is 12.9. The molecule has 0 saturated heterocycles. The number of halogens is 3. The molecular weight excluding hydrogens is 219 g/mol. The van der Waals surface area contributed by atoms with Gasteiger partial charge >= 0.3 is 51.4 Å². The van der Waals surface area contributed by atoms with Crippen molar-refractivity contribution in [1.82, 2.24) is 0 Å². The summed E-state index contributed by atoms with van der Waals surface area (Å²) < 4.78 is 42.4. The fourth-order valence-electron chi connectivity index (χ4n) is 0.893. The fourth-order valence-corrected chi connectivity index (χ4v) is 0.893. The second-order valence-electron chi connectivity index (χ2n) is 2.47. The molecule has 0 unspecified atom stereocenters. The Hall–Kier alpha value is 0.511. The number of rotatable bonds is 2. The van der Waals surface area contributed by atoms with Crippen molar-refractivity contribution < 1.29 is 69.3 Å². The first-order valence-corrected chi connectivity index (χ1v) is 3.46. The van der Waals surface area contributed by atoms with Gasteiger partial charge in [-0.25, -0.2) is 4.39 Å². The molecule has 3 radical (unpaired) electrons. The van der Waals surface area contributed by atoms with Crippen molar-refractivity contribution in [3.8, 4) is 5.75 Å². The fraction of sp³-hybridized carbons (Fsp3) is 0.250. The Kier molecular flexibility index (Phi) is 5.76. The number of alkyl halides is 2. The van der Waals surface area contributed by atoms with Gasteiger partial charge in [-0.15, -0.1) is 0 Å². The van der Waals surface area contributed by atoms with Gasteiger partial charge in [-0.05, 0) is 6.07 Å². The number of methoxy groups -OCH3 is 1. The summed E-state index contributed by atoms with van der Waals surface area (Å²) in [6.45, 7) is 0. The summed E-state index contributed by atoms with van der Waals surface area (Å²) in [4.78, 5) is 0. The molecule has 0 aliphatic carbocycles. The molecule has 0 amide bonds. The minimum absolute atomic E-state index is 0. The van der Waals surface area contributed by atoms with Gasteiger partial charge in [0.05, 0.1) is 7.11 Å². The van der Waals surface area contributed by atoms with Gasteiger partial charge in [-0.2, -0.15) is 0 Å². The quantitative estimate of drug-likeness (QED) is 0.590. The Morgan fingerprint density at radius 3 is 2.29 bits per heavy atom. The van der Waals surface area contributed by atoms with Gasteiger partial charge < -0.3 is 12.6 Å². The molecule has 0 atom stereocenters. The molecule has 14 heavy (non-hydrogen) atoms. The van der Waals surface area contributed by atoms with E-state index >= 15 is 0 Å². The van der Waals surface area contributed by atoms with Gasteiger partial charge in [-0.3, -0.25) is 8.78 Å². The van der Waals surface area contributed by atoms with Crippen molar-refractivity contribution in [2.75, 3.05) is 7.11 Å².